The third-order valence-electron chi connectivity index (χ3n) is 5.49. The molecule has 152 valence electrons. The highest BCUT2D eigenvalue weighted by Gasteiger charge is 2.31. The second-order valence-corrected chi connectivity index (χ2v) is 7.68. The Morgan fingerprint density at radius 3 is 2.76 bits per heavy atom. The van der Waals surface area contributed by atoms with E-state index in [2.05, 4.69) is 5.32 Å². The molecule has 6 heteroatoms. The van der Waals surface area contributed by atoms with E-state index in [4.69, 9.17) is 14.2 Å². The highest BCUT2D eigenvalue weighted by molar-refractivity contribution is 6.04. The first-order valence-corrected chi connectivity index (χ1v) is 9.92. The zero-order chi connectivity index (χ0) is 20.5. The first-order valence-electron chi connectivity index (χ1n) is 9.92. The molecule has 1 N–H and O–H groups in total. The molecule has 29 heavy (non-hydrogen) atoms. The van der Waals surface area contributed by atoms with Crippen molar-refractivity contribution in [3.05, 3.63) is 52.6 Å². The highest BCUT2D eigenvalue weighted by Crippen LogP contribution is 2.40. The topological polar surface area (TPSA) is 73.9 Å². The van der Waals surface area contributed by atoms with Gasteiger partial charge in [0.2, 0.25) is 0 Å². The summed E-state index contributed by atoms with van der Waals surface area (Å²) in [5.41, 5.74) is 3.67. The summed E-state index contributed by atoms with van der Waals surface area (Å²) in [4.78, 5) is 24.8. The molecular weight excluding hydrogens is 370 g/mol. The van der Waals surface area contributed by atoms with Crippen molar-refractivity contribution in [3.63, 3.8) is 0 Å². The Kier molecular flexibility index (Phi) is 5.18. The Morgan fingerprint density at radius 2 is 1.97 bits per heavy atom. The van der Waals surface area contributed by atoms with Gasteiger partial charge in [0.25, 0.3) is 5.91 Å². The lowest BCUT2D eigenvalue weighted by molar-refractivity contribution is -0.123. The molecule has 1 amide bonds. The molecule has 2 aliphatic rings. The van der Waals surface area contributed by atoms with Gasteiger partial charge in [-0.25, -0.2) is 0 Å². The minimum absolute atomic E-state index is 0.0799. The van der Waals surface area contributed by atoms with Crippen LogP contribution in [0.5, 0.6) is 17.2 Å². The standard InChI is InChI=1S/C23H25NO5/c1-13-4-6-19(23-17(25)10-14(2)22(13)23)29-12-21(26)24-15(3)16-5-7-18-20(11-16)28-9-8-27-18/h4-7,11,14-15H,8-10,12H2,1-3H3,(H,24,26). The number of aryl methyl sites for hydroxylation is 1. The molecule has 4 rings (SSSR count). The molecule has 0 fully saturated rings. The largest absolute Gasteiger partial charge is 0.486 e. The number of amides is 1. The number of ketones is 1. The summed E-state index contributed by atoms with van der Waals surface area (Å²) >= 11 is 0. The number of hydrogen-bond acceptors (Lipinski definition) is 5. The molecule has 1 aliphatic carbocycles. The molecule has 0 saturated heterocycles. The van der Waals surface area contributed by atoms with Crippen molar-refractivity contribution in [2.24, 2.45) is 0 Å². The molecule has 6 nitrogen and oxygen atoms in total. The van der Waals surface area contributed by atoms with Crippen LogP contribution in [-0.4, -0.2) is 31.5 Å². The van der Waals surface area contributed by atoms with Gasteiger partial charge in [0.1, 0.15) is 19.0 Å². The van der Waals surface area contributed by atoms with E-state index < -0.39 is 0 Å². The Bertz CT molecular complexity index is 968. The third kappa shape index (κ3) is 3.79. The predicted octanol–water partition coefficient (Wildman–Crippen LogP) is 3.71. The molecular formula is C23H25NO5. The smallest absolute Gasteiger partial charge is 0.258 e. The van der Waals surface area contributed by atoms with Crippen molar-refractivity contribution in [1.29, 1.82) is 0 Å². The van der Waals surface area contributed by atoms with Gasteiger partial charge in [-0.2, -0.15) is 0 Å². The second kappa shape index (κ2) is 7.78. The number of Topliss-reactive ketones (excluding diaryl/α,β-unsaturated/α-hetero) is 1. The Balaban J connectivity index is 1.40. The lowest BCUT2D eigenvalue weighted by atomic mass is 9.97. The molecule has 0 radical (unpaired) electrons. The Labute approximate surface area is 170 Å². The summed E-state index contributed by atoms with van der Waals surface area (Å²) in [5, 5.41) is 2.93. The minimum Gasteiger partial charge on any atom is -0.486 e. The van der Waals surface area contributed by atoms with Crippen LogP contribution < -0.4 is 19.5 Å². The van der Waals surface area contributed by atoms with Gasteiger partial charge in [-0.05, 0) is 54.7 Å². The van der Waals surface area contributed by atoms with Gasteiger partial charge >= 0.3 is 0 Å². The first kappa shape index (κ1) is 19.3. The van der Waals surface area contributed by atoms with Crippen molar-refractivity contribution in [2.75, 3.05) is 19.8 Å². The van der Waals surface area contributed by atoms with Gasteiger partial charge in [-0.1, -0.05) is 19.1 Å². The zero-order valence-electron chi connectivity index (χ0n) is 16.9. The van der Waals surface area contributed by atoms with E-state index in [1.54, 1.807) is 6.07 Å². The van der Waals surface area contributed by atoms with Crippen molar-refractivity contribution >= 4 is 11.7 Å². The van der Waals surface area contributed by atoms with Crippen molar-refractivity contribution < 1.29 is 23.8 Å². The van der Waals surface area contributed by atoms with Gasteiger partial charge in [0.15, 0.2) is 23.9 Å². The van der Waals surface area contributed by atoms with Crippen LogP contribution in [0.15, 0.2) is 30.3 Å². The van der Waals surface area contributed by atoms with Crippen LogP contribution in [0.4, 0.5) is 0 Å². The highest BCUT2D eigenvalue weighted by atomic mass is 16.6. The fraction of sp³-hybridized carbons (Fsp3) is 0.391. The number of fused-ring (bicyclic) bond motifs is 2. The first-order chi connectivity index (χ1) is 13.9. The lowest BCUT2D eigenvalue weighted by Crippen LogP contribution is -2.31. The normalized spacial score (nSPS) is 18.2. The summed E-state index contributed by atoms with van der Waals surface area (Å²) in [6.07, 6.45) is 0.490. The van der Waals surface area contributed by atoms with E-state index in [1.807, 2.05) is 45.0 Å². The van der Waals surface area contributed by atoms with Crippen molar-refractivity contribution in [1.82, 2.24) is 5.32 Å². The van der Waals surface area contributed by atoms with Crippen molar-refractivity contribution in [3.8, 4) is 17.2 Å². The molecule has 2 atom stereocenters. The van der Waals surface area contributed by atoms with E-state index in [9.17, 15) is 9.59 Å². The van der Waals surface area contributed by atoms with Crippen LogP contribution in [0.2, 0.25) is 0 Å². The van der Waals surface area contributed by atoms with Gasteiger partial charge < -0.3 is 19.5 Å². The number of hydrogen-bond donors (Lipinski definition) is 1. The molecule has 2 unspecified atom stereocenters. The number of rotatable bonds is 5. The van der Waals surface area contributed by atoms with Gasteiger partial charge in [-0.3, -0.25) is 9.59 Å². The SMILES string of the molecule is Cc1ccc(OCC(=O)NC(C)c2ccc3c(c2)OCCO3)c2c1C(C)CC2=O. The molecule has 0 aromatic heterocycles. The summed E-state index contributed by atoms with van der Waals surface area (Å²) in [6, 6.07) is 9.15. The van der Waals surface area contributed by atoms with E-state index in [1.165, 1.54) is 0 Å². The number of carbonyl (C=O) groups excluding carboxylic acids is 2. The molecule has 2 aromatic rings. The molecule has 2 aromatic carbocycles. The van der Waals surface area contributed by atoms with Crippen LogP contribution in [0.25, 0.3) is 0 Å². The molecule has 1 heterocycles. The average molecular weight is 395 g/mol. The number of carbonyl (C=O) groups is 2. The molecule has 0 saturated carbocycles. The third-order valence-corrected chi connectivity index (χ3v) is 5.49. The van der Waals surface area contributed by atoms with E-state index in [-0.39, 0.29) is 30.3 Å². The van der Waals surface area contributed by atoms with Crippen LogP contribution in [-0.2, 0) is 4.79 Å². The van der Waals surface area contributed by atoms with E-state index in [0.717, 1.165) is 16.7 Å². The Morgan fingerprint density at radius 1 is 1.21 bits per heavy atom. The van der Waals surface area contributed by atoms with Crippen LogP contribution >= 0.6 is 0 Å². The summed E-state index contributed by atoms with van der Waals surface area (Å²) in [7, 11) is 0. The van der Waals surface area contributed by atoms with Gasteiger partial charge in [0, 0.05) is 6.42 Å². The number of ether oxygens (including phenoxy) is 3. The molecule has 1 aliphatic heterocycles. The van der Waals surface area contributed by atoms with Crippen LogP contribution in [0, 0.1) is 6.92 Å². The maximum absolute atomic E-state index is 12.4. The number of benzene rings is 2. The maximum Gasteiger partial charge on any atom is 0.258 e. The number of nitrogens with one attached hydrogen (secondary N) is 1. The zero-order valence-corrected chi connectivity index (χ0v) is 16.9. The quantitative estimate of drug-likeness (QED) is 0.835. The maximum atomic E-state index is 12.4. The fourth-order valence-corrected chi connectivity index (χ4v) is 4.07. The van der Waals surface area contributed by atoms with Crippen molar-refractivity contribution in [2.45, 2.75) is 39.2 Å². The monoisotopic (exact) mass is 395 g/mol. The minimum atomic E-state index is -0.250. The van der Waals surface area contributed by atoms with Crippen LogP contribution in [0.3, 0.4) is 0 Å². The van der Waals surface area contributed by atoms with E-state index in [0.29, 0.717) is 42.4 Å². The summed E-state index contributed by atoms with van der Waals surface area (Å²) in [5.74, 6) is 1.91. The second-order valence-electron chi connectivity index (χ2n) is 7.68. The fourth-order valence-electron chi connectivity index (χ4n) is 4.07. The molecule has 0 spiro atoms. The van der Waals surface area contributed by atoms with E-state index >= 15 is 0 Å². The van der Waals surface area contributed by atoms with Gasteiger partial charge in [-0.15, -0.1) is 0 Å². The summed E-state index contributed by atoms with van der Waals surface area (Å²) in [6.45, 7) is 6.86. The Hall–Kier alpha value is -3.02. The molecule has 0 bridgehead atoms. The average Bonchev–Trinajstić information content (AvgIpc) is 3.02. The van der Waals surface area contributed by atoms with Gasteiger partial charge in [0.05, 0.1) is 11.6 Å². The lowest BCUT2D eigenvalue weighted by Gasteiger charge is -2.21. The predicted molar refractivity (Wildman–Crippen MR) is 108 cm³/mol. The summed E-state index contributed by atoms with van der Waals surface area (Å²) < 4.78 is 16.9. The van der Waals surface area contributed by atoms with Crippen LogP contribution in [0.1, 0.15) is 59.3 Å².